The first-order valence-corrected chi connectivity index (χ1v) is 9.99. The number of nitrogens with zero attached hydrogens (tertiary/aromatic N) is 1. The predicted octanol–water partition coefficient (Wildman–Crippen LogP) is 2.96. The average Bonchev–Trinajstić information content (AvgIpc) is 3.33. The number of imide groups is 2. The quantitative estimate of drug-likeness (QED) is 0.426. The van der Waals surface area contributed by atoms with Gasteiger partial charge in [-0.3, -0.25) is 24.6 Å². The molecule has 166 valence electrons. The molecule has 0 saturated carbocycles. The molecule has 9 nitrogen and oxygen atoms in total. The molecular weight excluding hydrogens is 426 g/mol. The number of benzene rings is 2. The van der Waals surface area contributed by atoms with E-state index in [1.54, 1.807) is 60.7 Å². The van der Waals surface area contributed by atoms with E-state index in [9.17, 15) is 19.2 Å². The summed E-state index contributed by atoms with van der Waals surface area (Å²) in [7, 11) is 0. The maximum Gasteiger partial charge on any atom is 0.331 e. The molecule has 2 heterocycles. The molecule has 0 aliphatic carbocycles. The second kappa shape index (κ2) is 9.65. The highest BCUT2D eigenvalue weighted by Crippen LogP contribution is 2.24. The number of para-hydroxylation sites is 2. The summed E-state index contributed by atoms with van der Waals surface area (Å²) in [5.41, 5.74) is 0.786. The molecule has 0 radical (unpaired) electrons. The van der Waals surface area contributed by atoms with Gasteiger partial charge in [0.1, 0.15) is 17.1 Å². The van der Waals surface area contributed by atoms with Gasteiger partial charge in [-0.05, 0) is 36.4 Å². The van der Waals surface area contributed by atoms with Gasteiger partial charge in [-0.15, -0.1) is 0 Å². The Labute approximate surface area is 188 Å². The van der Waals surface area contributed by atoms with E-state index >= 15 is 0 Å². The lowest BCUT2D eigenvalue weighted by Crippen LogP contribution is -2.53. The number of carbonyl (C=O) groups excluding carboxylic acids is 4. The van der Waals surface area contributed by atoms with Gasteiger partial charge in [-0.25, -0.2) is 4.79 Å². The maximum atomic E-state index is 12.9. The third-order valence-electron chi connectivity index (χ3n) is 4.72. The van der Waals surface area contributed by atoms with E-state index in [1.165, 1.54) is 12.3 Å². The smallest absolute Gasteiger partial charge is 0.331 e. The summed E-state index contributed by atoms with van der Waals surface area (Å²) in [6.07, 6.45) is 2.74. The van der Waals surface area contributed by atoms with Gasteiger partial charge in [-0.2, -0.15) is 0 Å². The number of furan rings is 1. The monoisotopic (exact) mass is 445 g/mol. The fourth-order valence-electron chi connectivity index (χ4n) is 3.14. The molecule has 1 aliphatic heterocycles. The molecule has 1 saturated heterocycles. The number of ether oxygens (including phenoxy) is 1. The van der Waals surface area contributed by atoms with Gasteiger partial charge in [0.25, 0.3) is 17.7 Å². The highest BCUT2D eigenvalue weighted by Gasteiger charge is 2.36. The van der Waals surface area contributed by atoms with E-state index in [0.29, 0.717) is 22.8 Å². The highest BCUT2D eigenvalue weighted by molar-refractivity contribution is 6.31. The minimum atomic E-state index is -0.833. The zero-order valence-corrected chi connectivity index (χ0v) is 17.3. The highest BCUT2D eigenvalue weighted by atomic mass is 16.5. The topological polar surface area (TPSA) is 118 Å². The SMILES string of the molecule is O=C(COc1ccccc1C=C1C(=O)NC(=O)N(Cc2ccco2)C1=O)Nc1ccccc1. The first kappa shape index (κ1) is 21.6. The minimum Gasteiger partial charge on any atom is -0.483 e. The Morgan fingerprint density at radius 1 is 1.00 bits per heavy atom. The Bertz CT molecular complexity index is 1220. The van der Waals surface area contributed by atoms with Crippen molar-refractivity contribution in [1.29, 1.82) is 0 Å². The van der Waals surface area contributed by atoms with Crippen molar-refractivity contribution in [3.05, 3.63) is 89.9 Å². The molecule has 0 unspecified atom stereocenters. The lowest BCUT2D eigenvalue weighted by molar-refractivity contribution is -0.130. The molecule has 5 amide bonds. The molecule has 4 rings (SSSR count). The van der Waals surface area contributed by atoms with Crippen LogP contribution in [0.4, 0.5) is 10.5 Å². The molecule has 0 atom stereocenters. The van der Waals surface area contributed by atoms with Gasteiger partial charge in [0.05, 0.1) is 12.8 Å². The molecule has 9 heteroatoms. The summed E-state index contributed by atoms with van der Waals surface area (Å²) in [6.45, 7) is -0.404. The van der Waals surface area contributed by atoms with Gasteiger partial charge in [0.2, 0.25) is 0 Å². The number of nitrogens with one attached hydrogen (secondary N) is 2. The molecule has 3 aromatic rings. The van der Waals surface area contributed by atoms with E-state index in [0.717, 1.165) is 4.90 Å². The average molecular weight is 445 g/mol. The van der Waals surface area contributed by atoms with Crippen molar-refractivity contribution in [3.63, 3.8) is 0 Å². The lowest BCUT2D eigenvalue weighted by Gasteiger charge is -2.25. The van der Waals surface area contributed by atoms with Gasteiger partial charge < -0.3 is 14.5 Å². The molecule has 33 heavy (non-hydrogen) atoms. The van der Waals surface area contributed by atoms with Crippen LogP contribution < -0.4 is 15.4 Å². The summed E-state index contributed by atoms with van der Waals surface area (Å²) in [5, 5.41) is 4.86. The van der Waals surface area contributed by atoms with E-state index in [-0.39, 0.29) is 24.6 Å². The van der Waals surface area contributed by atoms with Crippen molar-refractivity contribution in [2.45, 2.75) is 6.54 Å². The van der Waals surface area contributed by atoms with Crippen LogP contribution in [-0.4, -0.2) is 35.3 Å². The Morgan fingerprint density at radius 2 is 1.76 bits per heavy atom. The van der Waals surface area contributed by atoms with E-state index in [1.807, 2.05) is 6.07 Å². The zero-order valence-electron chi connectivity index (χ0n) is 17.3. The normalized spacial score (nSPS) is 14.8. The first-order valence-electron chi connectivity index (χ1n) is 9.99. The number of urea groups is 1. The summed E-state index contributed by atoms with van der Waals surface area (Å²) in [4.78, 5) is 50.5. The second-order valence-electron chi connectivity index (χ2n) is 7.03. The third kappa shape index (κ3) is 5.16. The van der Waals surface area contributed by atoms with Crippen molar-refractivity contribution in [2.24, 2.45) is 0 Å². The Kier molecular flexibility index (Phi) is 6.31. The van der Waals surface area contributed by atoms with Crippen LogP contribution >= 0.6 is 0 Å². The van der Waals surface area contributed by atoms with Crippen LogP contribution in [0.15, 0.2) is 83.0 Å². The molecule has 0 spiro atoms. The van der Waals surface area contributed by atoms with Crippen molar-refractivity contribution in [1.82, 2.24) is 10.2 Å². The van der Waals surface area contributed by atoms with Crippen LogP contribution in [0.2, 0.25) is 0 Å². The van der Waals surface area contributed by atoms with Gasteiger partial charge >= 0.3 is 6.03 Å². The minimum absolute atomic E-state index is 0.125. The predicted molar refractivity (Wildman–Crippen MR) is 118 cm³/mol. The summed E-state index contributed by atoms with van der Waals surface area (Å²) in [6, 6.07) is 18.0. The van der Waals surface area contributed by atoms with Crippen LogP contribution in [-0.2, 0) is 20.9 Å². The molecule has 1 aliphatic rings. The van der Waals surface area contributed by atoms with Crippen LogP contribution in [0.25, 0.3) is 6.08 Å². The Morgan fingerprint density at radius 3 is 2.52 bits per heavy atom. The zero-order chi connectivity index (χ0) is 23.2. The number of amides is 5. The number of hydrogen-bond donors (Lipinski definition) is 2. The molecule has 1 fully saturated rings. The van der Waals surface area contributed by atoms with E-state index < -0.39 is 17.8 Å². The van der Waals surface area contributed by atoms with Gasteiger partial charge in [-0.1, -0.05) is 36.4 Å². The fourth-order valence-corrected chi connectivity index (χ4v) is 3.14. The van der Waals surface area contributed by atoms with Crippen LogP contribution in [0.5, 0.6) is 5.75 Å². The summed E-state index contributed by atoms with van der Waals surface area (Å²) >= 11 is 0. The first-order chi connectivity index (χ1) is 16.0. The van der Waals surface area contributed by atoms with E-state index in [2.05, 4.69) is 10.6 Å². The van der Waals surface area contributed by atoms with E-state index in [4.69, 9.17) is 9.15 Å². The number of anilines is 1. The van der Waals surface area contributed by atoms with Gasteiger partial charge in [0, 0.05) is 11.3 Å². The largest absolute Gasteiger partial charge is 0.483 e. The third-order valence-corrected chi connectivity index (χ3v) is 4.72. The van der Waals surface area contributed by atoms with Crippen molar-refractivity contribution < 1.29 is 28.3 Å². The van der Waals surface area contributed by atoms with Crippen LogP contribution in [0.1, 0.15) is 11.3 Å². The van der Waals surface area contributed by atoms with Crippen molar-refractivity contribution >= 4 is 35.5 Å². The van der Waals surface area contributed by atoms with Gasteiger partial charge in [0.15, 0.2) is 6.61 Å². The molecule has 2 aromatic carbocycles. The van der Waals surface area contributed by atoms with Crippen LogP contribution in [0, 0.1) is 0 Å². The summed E-state index contributed by atoms with van der Waals surface area (Å²) in [5.74, 6) is -1.27. The number of rotatable bonds is 7. The standard InChI is InChI=1S/C24H19N3O6/c28-21(25-17-8-2-1-3-9-17)15-33-20-11-5-4-7-16(20)13-19-22(29)26-24(31)27(23(19)30)14-18-10-6-12-32-18/h1-13H,14-15H2,(H,25,28)(H,26,29,31). The summed E-state index contributed by atoms with van der Waals surface area (Å²) < 4.78 is 10.8. The number of barbiturate groups is 1. The molecule has 1 aromatic heterocycles. The number of carbonyl (C=O) groups is 4. The number of hydrogen-bond acceptors (Lipinski definition) is 6. The van der Waals surface area contributed by atoms with Crippen molar-refractivity contribution in [2.75, 3.05) is 11.9 Å². The Hall–Kier alpha value is -4.66. The lowest BCUT2D eigenvalue weighted by atomic mass is 10.1. The molecule has 2 N–H and O–H groups in total. The van der Waals surface area contributed by atoms with Crippen molar-refractivity contribution in [3.8, 4) is 5.75 Å². The maximum absolute atomic E-state index is 12.9. The molecule has 0 bridgehead atoms. The fraction of sp³-hybridized carbons (Fsp3) is 0.0833. The van der Waals surface area contributed by atoms with Crippen LogP contribution in [0.3, 0.4) is 0 Å². The second-order valence-corrected chi connectivity index (χ2v) is 7.03. The molecular formula is C24H19N3O6. The Balaban J connectivity index is 1.50.